The Morgan fingerprint density at radius 2 is 2.11 bits per heavy atom. The quantitative estimate of drug-likeness (QED) is 0.908. The predicted molar refractivity (Wildman–Crippen MR) is 77.1 cm³/mol. The molecule has 3 rings (SSSR count). The van der Waals surface area contributed by atoms with Gasteiger partial charge in [0.1, 0.15) is 11.5 Å². The summed E-state index contributed by atoms with van der Waals surface area (Å²) in [7, 11) is 0. The minimum atomic E-state index is 0.699. The highest BCUT2D eigenvalue weighted by atomic mass is 16.3. The van der Waals surface area contributed by atoms with Crippen LogP contribution in [0.4, 0.5) is 0 Å². The minimum Gasteiger partial charge on any atom is -0.465 e. The Labute approximate surface area is 116 Å². The van der Waals surface area contributed by atoms with Gasteiger partial charge in [0.15, 0.2) is 0 Å². The molecule has 0 radical (unpaired) electrons. The minimum absolute atomic E-state index is 0.699. The number of aryl methyl sites for hydroxylation is 1. The molecule has 1 saturated carbocycles. The van der Waals surface area contributed by atoms with Crippen molar-refractivity contribution in [1.82, 2.24) is 10.2 Å². The van der Waals surface area contributed by atoms with Crippen LogP contribution in [0.5, 0.6) is 0 Å². The number of piperazine rings is 1. The van der Waals surface area contributed by atoms with Gasteiger partial charge in [-0.2, -0.15) is 0 Å². The summed E-state index contributed by atoms with van der Waals surface area (Å²) in [5.74, 6) is 3.03. The summed E-state index contributed by atoms with van der Waals surface area (Å²) < 4.78 is 5.70. The third kappa shape index (κ3) is 3.40. The van der Waals surface area contributed by atoms with Crippen LogP contribution in [0.15, 0.2) is 16.5 Å². The predicted octanol–water partition coefficient (Wildman–Crippen LogP) is 2.94. The maximum Gasteiger partial charge on any atom is 0.118 e. The van der Waals surface area contributed by atoms with Gasteiger partial charge in [0, 0.05) is 25.7 Å². The summed E-state index contributed by atoms with van der Waals surface area (Å²) in [6.07, 6.45) is 7.15. The van der Waals surface area contributed by atoms with Gasteiger partial charge in [-0.15, -0.1) is 0 Å². The second kappa shape index (κ2) is 6.10. The third-order valence-corrected chi connectivity index (χ3v) is 4.68. The Balaban J connectivity index is 1.55. The highest BCUT2D eigenvalue weighted by molar-refractivity contribution is 5.05. The van der Waals surface area contributed by atoms with Gasteiger partial charge in [-0.25, -0.2) is 0 Å². The molecule has 2 aliphatic rings. The molecule has 0 bridgehead atoms. The lowest BCUT2D eigenvalue weighted by molar-refractivity contribution is 0.134. The molecule has 1 atom stereocenters. The molecule has 1 aliphatic carbocycles. The summed E-state index contributed by atoms with van der Waals surface area (Å²) in [6, 6.07) is 4.88. The summed E-state index contributed by atoms with van der Waals surface area (Å²) in [5.41, 5.74) is 0. The zero-order chi connectivity index (χ0) is 13.1. The third-order valence-electron chi connectivity index (χ3n) is 4.68. The Bertz CT molecular complexity index is 395. The molecule has 106 valence electrons. The highest BCUT2D eigenvalue weighted by Crippen LogP contribution is 2.28. The van der Waals surface area contributed by atoms with Gasteiger partial charge in [-0.05, 0) is 37.8 Å². The van der Waals surface area contributed by atoms with Gasteiger partial charge >= 0.3 is 0 Å². The molecular formula is C16H26N2O. The first-order valence-electron chi connectivity index (χ1n) is 7.82. The van der Waals surface area contributed by atoms with Crippen molar-refractivity contribution in [1.29, 1.82) is 0 Å². The molecule has 1 unspecified atom stereocenters. The first-order chi connectivity index (χ1) is 9.31. The van der Waals surface area contributed by atoms with Crippen LogP contribution in [0, 0.1) is 12.8 Å². The first kappa shape index (κ1) is 13.2. The first-order valence-corrected chi connectivity index (χ1v) is 7.82. The monoisotopic (exact) mass is 262 g/mol. The van der Waals surface area contributed by atoms with Gasteiger partial charge in [0.25, 0.3) is 0 Å². The summed E-state index contributed by atoms with van der Waals surface area (Å²) in [4.78, 5) is 2.55. The SMILES string of the molecule is Cc1ccc(CN2CCNC(C3CCCCC3)C2)o1. The molecule has 1 aliphatic heterocycles. The molecule has 1 aromatic heterocycles. The average molecular weight is 262 g/mol. The largest absolute Gasteiger partial charge is 0.465 e. The molecule has 1 N–H and O–H groups in total. The van der Waals surface area contributed by atoms with E-state index in [2.05, 4.69) is 22.3 Å². The second-order valence-corrected chi connectivity index (χ2v) is 6.21. The van der Waals surface area contributed by atoms with E-state index < -0.39 is 0 Å². The number of nitrogens with zero attached hydrogens (tertiary/aromatic N) is 1. The van der Waals surface area contributed by atoms with Crippen molar-refractivity contribution < 1.29 is 4.42 Å². The van der Waals surface area contributed by atoms with E-state index in [0.29, 0.717) is 6.04 Å². The number of nitrogens with one attached hydrogen (secondary N) is 1. The van der Waals surface area contributed by atoms with E-state index in [9.17, 15) is 0 Å². The zero-order valence-electron chi connectivity index (χ0n) is 12.0. The van der Waals surface area contributed by atoms with Crippen molar-refractivity contribution in [2.24, 2.45) is 5.92 Å². The fourth-order valence-electron chi connectivity index (χ4n) is 3.63. The molecule has 1 saturated heterocycles. The molecule has 3 nitrogen and oxygen atoms in total. The number of hydrogen-bond donors (Lipinski definition) is 1. The van der Waals surface area contributed by atoms with Crippen molar-refractivity contribution in [3.8, 4) is 0 Å². The Kier molecular flexibility index (Phi) is 4.24. The van der Waals surface area contributed by atoms with Gasteiger partial charge in [0.2, 0.25) is 0 Å². The van der Waals surface area contributed by atoms with E-state index in [1.54, 1.807) is 0 Å². The lowest BCUT2D eigenvalue weighted by Gasteiger charge is -2.39. The van der Waals surface area contributed by atoms with Crippen molar-refractivity contribution >= 4 is 0 Å². The topological polar surface area (TPSA) is 28.4 Å². The van der Waals surface area contributed by atoms with Gasteiger partial charge < -0.3 is 9.73 Å². The van der Waals surface area contributed by atoms with Crippen molar-refractivity contribution in [2.45, 2.75) is 51.6 Å². The fourth-order valence-corrected chi connectivity index (χ4v) is 3.63. The Morgan fingerprint density at radius 3 is 2.84 bits per heavy atom. The Hall–Kier alpha value is -0.800. The maximum atomic E-state index is 5.70. The smallest absolute Gasteiger partial charge is 0.118 e. The van der Waals surface area contributed by atoms with E-state index in [0.717, 1.165) is 37.1 Å². The van der Waals surface area contributed by atoms with E-state index in [4.69, 9.17) is 4.42 Å². The molecule has 0 spiro atoms. The average Bonchev–Trinajstić information content (AvgIpc) is 2.85. The van der Waals surface area contributed by atoms with E-state index in [1.165, 1.54) is 38.6 Å². The van der Waals surface area contributed by atoms with E-state index >= 15 is 0 Å². The normalized spacial score (nSPS) is 26.7. The molecule has 3 heteroatoms. The van der Waals surface area contributed by atoms with Crippen LogP contribution >= 0.6 is 0 Å². The zero-order valence-corrected chi connectivity index (χ0v) is 12.0. The molecule has 19 heavy (non-hydrogen) atoms. The van der Waals surface area contributed by atoms with Crippen LogP contribution in [0.3, 0.4) is 0 Å². The summed E-state index contributed by atoms with van der Waals surface area (Å²) in [5, 5.41) is 3.74. The van der Waals surface area contributed by atoms with Crippen molar-refractivity contribution in [3.05, 3.63) is 23.7 Å². The van der Waals surface area contributed by atoms with Crippen LogP contribution in [0.2, 0.25) is 0 Å². The lowest BCUT2D eigenvalue weighted by atomic mass is 9.83. The van der Waals surface area contributed by atoms with E-state index in [-0.39, 0.29) is 0 Å². The molecule has 2 heterocycles. The molecule has 0 aromatic carbocycles. The lowest BCUT2D eigenvalue weighted by Crippen LogP contribution is -2.53. The van der Waals surface area contributed by atoms with Crippen LogP contribution < -0.4 is 5.32 Å². The van der Waals surface area contributed by atoms with Crippen LogP contribution in [0.1, 0.15) is 43.6 Å². The van der Waals surface area contributed by atoms with Gasteiger partial charge in [-0.3, -0.25) is 4.90 Å². The van der Waals surface area contributed by atoms with Gasteiger partial charge in [-0.1, -0.05) is 19.3 Å². The number of furan rings is 1. The fraction of sp³-hybridized carbons (Fsp3) is 0.750. The van der Waals surface area contributed by atoms with Crippen molar-refractivity contribution in [3.63, 3.8) is 0 Å². The van der Waals surface area contributed by atoms with Crippen LogP contribution in [-0.2, 0) is 6.54 Å². The Morgan fingerprint density at radius 1 is 1.26 bits per heavy atom. The molecule has 2 fully saturated rings. The van der Waals surface area contributed by atoms with Crippen LogP contribution in [-0.4, -0.2) is 30.6 Å². The maximum absolute atomic E-state index is 5.70. The number of hydrogen-bond acceptors (Lipinski definition) is 3. The molecule has 1 aromatic rings. The molecular weight excluding hydrogens is 236 g/mol. The highest BCUT2D eigenvalue weighted by Gasteiger charge is 2.28. The van der Waals surface area contributed by atoms with Crippen molar-refractivity contribution in [2.75, 3.05) is 19.6 Å². The van der Waals surface area contributed by atoms with E-state index in [1.807, 2.05) is 6.92 Å². The standard InChI is InChI=1S/C16H26N2O/c1-13-7-8-15(19-13)11-18-10-9-17-16(12-18)14-5-3-2-4-6-14/h7-8,14,16-17H,2-6,9-12H2,1H3. The summed E-state index contributed by atoms with van der Waals surface area (Å²) >= 11 is 0. The summed E-state index contributed by atoms with van der Waals surface area (Å²) in [6.45, 7) is 6.44. The second-order valence-electron chi connectivity index (χ2n) is 6.21. The number of rotatable bonds is 3. The van der Waals surface area contributed by atoms with Crippen LogP contribution in [0.25, 0.3) is 0 Å². The molecule has 0 amide bonds. The van der Waals surface area contributed by atoms with Gasteiger partial charge in [0.05, 0.1) is 6.54 Å².